The number of nitrogens with one attached hydrogen (secondary N) is 2. The number of piperidine rings is 1. The molecule has 0 bridgehead atoms. The number of fused-ring (bicyclic) bond motifs is 1. The highest BCUT2D eigenvalue weighted by molar-refractivity contribution is 5.93. The van der Waals surface area contributed by atoms with Crippen molar-refractivity contribution in [1.82, 2.24) is 20.2 Å². The van der Waals surface area contributed by atoms with Gasteiger partial charge >= 0.3 is 0 Å². The maximum absolute atomic E-state index is 11.6. The van der Waals surface area contributed by atoms with Gasteiger partial charge in [-0.05, 0) is 66.6 Å². The van der Waals surface area contributed by atoms with Crippen molar-refractivity contribution < 1.29 is 4.79 Å². The van der Waals surface area contributed by atoms with E-state index in [1.54, 1.807) is 13.2 Å². The molecular formula is C23H29N5O. The van der Waals surface area contributed by atoms with E-state index in [-0.39, 0.29) is 5.91 Å². The van der Waals surface area contributed by atoms with Crippen LogP contribution in [0.5, 0.6) is 0 Å². The molecule has 29 heavy (non-hydrogen) atoms. The molecular weight excluding hydrogens is 362 g/mol. The fourth-order valence-electron chi connectivity index (χ4n) is 4.08. The predicted molar refractivity (Wildman–Crippen MR) is 117 cm³/mol. The van der Waals surface area contributed by atoms with Crippen molar-refractivity contribution in [3.05, 3.63) is 59.9 Å². The smallest absolute Gasteiger partial charge is 0.252 e. The van der Waals surface area contributed by atoms with Gasteiger partial charge in [0.1, 0.15) is 5.82 Å². The number of rotatable bonds is 6. The van der Waals surface area contributed by atoms with E-state index in [0.717, 1.165) is 44.8 Å². The predicted octanol–water partition coefficient (Wildman–Crippen LogP) is 2.94. The maximum Gasteiger partial charge on any atom is 0.252 e. The van der Waals surface area contributed by atoms with Crippen LogP contribution in [-0.2, 0) is 13.6 Å². The highest BCUT2D eigenvalue weighted by Gasteiger charge is 2.20. The molecule has 1 fully saturated rings. The third-order valence-corrected chi connectivity index (χ3v) is 5.89. The lowest BCUT2D eigenvalue weighted by Gasteiger charge is -2.33. The number of anilines is 1. The Bertz CT molecular complexity index is 971. The first-order valence-corrected chi connectivity index (χ1v) is 10.3. The molecule has 1 aliphatic heterocycles. The van der Waals surface area contributed by atoms with Crippen LogP contribution in [-0.4, -0.2) is 42.1 Å². The molecule has 0 radical (unpaired) electrons. The summed E-state index contributed by atoms with van der Waals surface area (Å²) in [6.45, 7) is 3.97. The first-order chi connectivity index (χ1) is 14.1. The van der Waals surface area contributed by atoms with E-state index in [1.807, 2.05) is 12.1 Å². The number of nitrogens with zero attached hydrogens (tertiary/aromatic N) is 3. The average Bonchev–Trinajstić information content (AvgIpc) is 3.14. The molecule has 1 aromatic carbocycles. The summed E-state index contributed by atoms with van der Waals surface area (Å²) in [5.74, 6) is 1.55. The van der Waals surface area contributed by atoms with Crippen molar-refractivity contribution in [2.75, 3.05) is 31.6 Å². The molecule has 3 aromatic rings. The van der Waals surface area contributed by atoms with Crippen LogP contribution in [0.3, 0.4) is 0 Å². The molecule has 152 valence electrons. The third-order valence-electron chi connectivity index (χ3n) is 5.89. The van der Waals surface area contributed by atoms with Crippen LogP contribution in [0.2, 0.25) is 0 Å². The first-order valence-electron chi connectivity index (χ1n) is 10.3. The molecule has 0 saturated carbocycles. The van der Waals surface area contributed by atoms with Gasteiger partial charge in [-0.25, -0.2) is 4.98 Å². The average molecular weight is 392 g/mol. The van der Waals surface area contributed by atoms with E-state index in [9.17, 15) is 4.79 Å². The molecule has 1 saturated heterocycles. The van der Waals surface area contributed by atoms with E-state index < -0.39 is 0 Å². The topological polar surface area (TPSA) is 62.2 Å². The van der Waals surface area contributed by atoms with Crippen LogP contribution in [0.15, 0.2) is 48.8 Å². The van der Waals surface area contributed by atoms with E-state index >= 15 is 0 Å². The quantitative estimate of drug-likeness (QED) is 0.678. The highest BCUT2D eigenvalue weighted by Crippen LogP contribution is 2.22. The second-order valence-electron chi connectivity index (χ2n) is 7.87. The van der Waals surface area contributed by atoms with Gasteiger partial charge in [0.2, 0.25) is 0 Å². The Balaban J connectivity index is 1.23. The zero-order valence-corrected chi connectivity index (χ0v) is 17.2. The number of amides is 1. The van der Waals surface area contributed by atoms with Gasteiger partial charge in [0.15, 0.2) is 0 Å². The fraction of sp³-hybridized carbons (Fsp3) is 0.391. The van der Waals surface area contributed by atoms with Crippen molar-refractivity contribution in [2.45, 2.75) is 19.4 Å². The second-order valence-corrected chi connectivity index (χ2v) is 7.87. The minimum Gasteiger partial charge on any atom is -0.357 e. The van der Waals surface area contributed by atoms with Gasteiger partial charge in [0, 0.05) is 51.6 Å². The number of hydrogen-bond acceptors (Lipinski definition) is 4. The highest BCUT2D eigenvalue weighted by atomic mass is 16.1. The number of aromatic nitrogens is 2. The Morgan fingerprint density at radius 1 is 1.17 bits per heavy atom. The summed E-state index contributed by atoms with van der Waals surface area (Å²) < 4.78 is 2.15. The van der Waals surface area contributed by atoms with Gasteiger partial charge in [-0.15, -0.1) is 0 Å². The Hall–Kier alpha value is -2.86. The zero-order valence-electron chi connectivity index (χ0n) is 17.2. The fourth-order valence-corrected chi connectivity index (χ4v) is 4.08. The van der Waals surface area contributed by atoms with E-state index in [2.05, 4.69) is 62.6 Å². The summed E-state index contributed by atoms with van der Waals surface area (Å²) in [6.07, 6.45) is 6.08. The van der Waals surface area contributed by atoms with Crippen LogP contribution in [0.1, 0.15) is 28.8 Å². The van der Waals surface area contributed by atoms with Crippen molar-refractivity contribution >= 4 is 22.6 Å². The standard InChI is InChI=1S/C23H29N5O/c1-24-23(29)20-4-6-22(26-16-20)28-11-7-17(8-12-28)14-25-15-18-3-5-21-19(13-18)9-10-27(21)2/h3-6,9-10,13,16-17,25H,7-8,11-12,14-15H2,1-2H3,(H,24,29). The van der Waals surface area contributed by atoms with Crippen molar-refractivity contribution in [3.8, 4) is 0 Å². The van der Waals surface area contributed by atoms with Gasteiger partial charge in [-0.1, -0.05) is 6.07 Å². The molecule has 3 heterocycles. The van der Waals surface area contributed by atoms with Crippen LogP contribution < -0.4 is 15.5 Å². The summed E-state index contributed by atoms with van der Waals surface area (Å²) in [5, 5.41) is 7.57. The Kier molecular flexibility index (Phi) is 5.81. The summed E-state index contributed by atoms with van der Waals surface area (Å²) in [5.41, 5.74) is 3.21. The van der Waals surface area contributed by atoms with E-state index in [1.165, 1.54) is 16.5 Å². The molecule has 2 N–H and O–H groups in total. The minimum absolute atomic E-state index is 0.0970. The number of aryl methyl sites for hydroxylation is 1. The lowest BCUT2D eigenvalue weighted by Crippen LogP contribution is -2.37. The summed E-state index contributed by atoms with van der Waals surface area (Å²) in [6, 6.07) is 12.7. The van der Waals surface area contributed by atoms with Crippen LogP contribution in [0.25, 0.3) is 10.9 Å². The molecule has 1 aliphatic rings. The summed E-state index contributed by atoms with van der Waals surface area (Å²) in [7, 11) is 3.72. The molecule has 0 spiro atoms. The first kappa shape index (κ1) is 19.5. The molecule has 4 rings (SSSR count). The van der Waals surface area contributed by atoms with E-state index in [0.29, 0.717) is 11.5 Å². The normalized spacial score (nSPS) is 15.0. The van der Waals surface area contributed by atoms with Gasteiger partial charge in [0.05, 0.1) is 5.56 Å². The Morgan fingerprint density at radius 2 is 2.00 bits per heavy atom. The zero-order chi connectivity index (χ0) is 20.2. The monoisotopic (exact) mass is 391 g/mol. The van der Waals surface area contributed by atoms with Crippen LogP contribution >= 0.6 is 0 Å². The van der Waals surface area contributed by atoms with Crippen molar-refractivity contribution in [3.63, 3.8) is 0 Å². The number of hydrogen-bond donors (Lipinski definition) is 2. The number of carbonyl (C=O) groups excluding carboxylic acids is 1. The number of carbonyl (C=O) groups is 1. The van der Waals surface area contributed by atoms with Gasteiger partial charge in [-0.3, -0.25) is 4.79 Å². The molecule has 6 nitrogen and oxygen atoms in total. The summed E-state index contributed by atoms with van der Waals surface area (Å²) >= 11 is 0. The number of benzene rings is 1. The van der Waals surface area contributed by atoms with Crippen LogP contribution in [0, 0.1) is 5.92 Å². The lowest BCUT2D eigenvalue weighted by atomic mass is 9.96. The lowest BCUT2D eigenvalue weighted by molar-refractivity contribution is 0.0963. The molecule has 1 amide bonds. The second kappa shape index (κ2) is 8.66. The molecule has 0 unspecified atom stereocenters. The Labute approximate surface area is 171 Å². The van der Waals surface area contributed by atoms with Crippen molar-refractivity contribution in [2.24, 2.45) is 13.0 Å². The van der Waals surface area contributed by atoms with Gasteiger partial charge in [-0.2, -0.15) is 0 Å². The van der Waals surface area contributed by atoms with Crippen LogP contribution in [0.4, 0.5) is 5.82 Å². The van der Waals surface area contributed by atoms with Gasteiger partial charge < -0.3 is 20.1 Å². The van der Waals surface area contributed by atoms with E-state index in [4.69, 9.17) is 0 Å². The SMILES string of the molecule is CNC(=O)c1ccc(N2CCC(CNCc3ccc4c(ccn4C)c3)CC2)nc1. The molecule has 6 heteroatoms. The third kappa shape index (κ3) is 4.43. The molecule has 0 atom stereocenters. The molecule has 2 aromatic heterocycles. The number of pyridine rings is 1. The van der Waals surface area contributed by atoms with Gasteiger partial charge in [0.25, 0.3) is 5.91 Å². The summed E-state index contributed by atoms with van der Waals surface area (Å²) in [4.78, 5) is 18.4. The Morgan fingerprint density at radius 3 is 2.72 bits per heavy atom. The molecule has 0 aliphatic carbocycles. The largest absolute Gasteiger partial charge is 0.357 e. The van der Waals surface area contributed by atoms with Crippen molar-refractivity contribution in [1.29, 1.82) is 0 Å². The minimum atomic E-state index is -0.0970. The maximum atomic E-state index is 11.6.